The summed E-state index contributed by atoms with van der Waals surface area (Å²) in [5.41, 5.74) is 1.72. The molecule has 6 nitrogen and oxygen atoms in total. The van der Waals surface area contributed by atoms with Crippen LogP contribution in [-0.4, -0.2) is 19.3 Å². The summed E-state index contributed by atoms with van der Waals surface area (Å²) in [6.07, 6.45) is 3.27. The van der Waals surface area contributed by atoms with E-state index < -0.39 is 9.23 Å². The van der Waals surface area contributed by atoms with Crippen molar-refractivity contribution in [1.82, 2.24) is 9.97 Å². The van der Waals surface area contributed by atoms with Gasteiger partial charge < -0.3 is 14.6 Å². The zero-order chi connectivity index (χ0) is 26.3. The van der Waals surface area contributed by atoms with Gasteiger partial charge in [0.15, 0.2) is 0 Å². The smallest absolute Gasteiger partial charge is 0.219 e. The van der Waals surface area contributed by atoms with Crippen LogP contribution >= 0.6 is 56.2 Å². The third kappa shape index (κ3) is 12.2. The number of nitrogens with zero attached hydrogens (tertiary/aromatic N) is 2. The second-order valence-electron chi connectivity index (χ2n) is 6.60. The molecular formula is C24H19Cl5N2O4S. The van der Waals surface area contributed by atoms with Crippen molar-refractivity contribution in [2.75, 3.05) is 0 Å². The summed E-state index contributed by atoms with van der Waals surface area (Å²) >= 11 is 17.2. The largest absolute Gasteiger partial charge is 0.439 e. The third-order valence-corrected chi connectivity index (χ3v) is 4.82. The minimum atomic E-state index is -1.67. The van der Waals surface area contributed by atoms with Crippen LogP contribution in [0, 0.1) is 0 Å². The predicted octanol–water partition coefficient (Wildman–Crippen LogP) is 8.33. The SMILES string of the molecule is ClCc1ccc(Oc2ccc(Cl)cc2)nc1.O=S(Cl)Cl.OCc1ccc(Oc2ccc(Cl)cc2)nc1. The molecule has 0 amide bonds. The highest BCUT2D eigenvalue weighted by Gasteiger charge is 2.00. The van der Waals surface area contributed by atoms with Crippen molar-refractivity contribution in [3.05, 3.63) is 106 Å². The summed E-state index contributed by atoms with van der Waals surface area (Å²) in [4.78, 5) is 8.18. The number of pyridine rings is 2. The van der Waals surface area contributed by atoms with Crippen LogP contribution in [0.2, 0.25) is 10.0 Å². The quantitative estimate of drug-likeness (QED) is 0.175. The topological polar surface area (TPSA) is 81.5 Å². The highest BCUT2D eigenvalue weighted by Crippen LogP contribution is 2.22. The highest BCUT2D eigenvalue weighted by atomic mass is 36.0. The van der Waals surface area contributed by atoms with Gasteiger partial charge in [0.05, 0.1) is 6.61 Å². The summed E-state index contributed by atoms with van der Waals surface area (Å²) in [6.45, 7) is -0.0196. The fourth-order valence-corrected chi connectivity index (χ4v) is 2.77. The van der Waals surface area contributed by atoms with Crippen LogP contribution in [0.3, 0.4) is 0 Å². The van der Waals surface area contributed by atoms with E-state index in [0.29, 0.717) is 39.2 Å². The lowest BCUT2D eigenvalue weighted by Crippen LogP contribution is -1.89. The van der Waals surface area contributed by atoms with Gasteiger partial charge in [-0.25, -0.2) is 14.2 Å². The molecule has 0 aliphatic heterocycles. The fourth-order valence-electron chi connectivity index (χ4n) is 2.36. The van der Waals surface area contributed by atoms with Crippen LogP contribution in [0.5, 0.6) is 23.3 Å². The van der Waals surface area contributed by atoms with Crippen LogP contribution in [0.4, 0.5) is 0 Å². The minimum Gasteiger partial charge on any atom is -0.439 e. The van der Waals surface area contributed by atoms with Gasteiger partial charge in [-0.3, -0.25) is 0 Å². The van der Waals surface area contributed by atoms with Gasteiger partial charge in [0.25, 0.3) is 0 Å². The van der Waals surface area contributed by atoms with Crippen molar-refractivity contribution in [2.45, 2.75) is 12.5 Å². The van der Waals surface area contributed by atoms with E-state index in [1.54, 1.807) is 79.1 Å². The first-order valence-electron chi connectivity index (χ1n) is 9.97. The molecule has 1 N–H and O–H groups in total. The highest BCUT2D eigenvalue weighted by molar-refractivity contribution is 8.26. The molecule has 0 aliphatic rings. The molecule has 0 saturated heterocycles. The van der Waals surface area contributed by atoms with E-state index in [1.165, 1.54) is 0 Å². The molecular weight excluding hydrogens is 590 g/mol. The van der Waals surface area contributed by atoms with E-state index in [9.17, 15) is 0 Å². The summed E-state index contributed by atoms with van der Waals surface area (Å²) in [6, 6.07) is 21.3. The van der Waals surface area contributed by atoms with Crippen LogP contribution < -0.4 is 9.47 Å². The Labute approximate surface area is 235 Å². The van der Waals surface area contributed by atoms with Crippen LogP contribution in [0.25, 0.3) is 0 Å². The molecule has 36 heavy (non-hydrogen) atoms. The lowest BCUT2D eigenvalue weighted by molar-refractivity contribution is 0.281. The molecule has 12 heteroatoms. The molecule has 190 valence electrons. The first-order valence-corrected chi connectivity index (χ1v) is 14.1. The summed E-state index contributed by atoms with van der Waals surface area (Å²) < 4.78 is 20.1. The van der Waals surface area contributed by atoms with Gasteiger partial charge in [-0.1, -0.05) is 29.3 Å². The maximum absolute atomic E-state index is 9.09. The number of benzene rings is 2. The molecule has 0 aliphatic carbocycles. The second-order valence-corrected chi connectivity index (χ2v) is 10.3. The van der Waals surface area contributed by atoms with E-state index in [4.69, 9.17) is 53.6 Å². The molecule has 2 heterocycles. The van der Waals surface area contributed by atoms with Crippen LogP contribution in [-0.2, 0) is 21.7 Å². The number of aromatic nitrogens is 2. The minimum absolute atomic E-state index is 0.0196. The van der Waals surface area contributed by atoms with Crippen molar-refractivity contribution in [1.29, 1.82) is 0 Å². The van der Waals surface area contributed by atoms with Gasteiger partial charge in [0, 0.05) is 61.8 Å². The van der Waals surface area contributed by atoms with Gasteiger partial charge >= 0.3 is 0 Å². The zero-order valence-electron chi connectivity index (χ0n) is 18.4. The normalized spacial score (nSPS) is 9.97. The van der Waals surface area contributed by atoms with E-state index in [2.05, 4.69) is 31.3 Å². The number of hydrogen-bond acceptors (Lipinski definition) is 6. The van der Waals surface area contributed by atoms with E-state index in [-0.39, 0.29) is 6.61 Å². The Morgan fingerprint density at radius 1 is 0.694 bits per heavy atom. The summed E-state index contributed by atoms with van der Waals surface area (Å²) in [5.74, 6) is 2.86. The lowest BCUT2D eigenvalue weighted by Gasteiger charge is -2.04. The van der Waals surface area contributed by atoms with Crippen LogP contribution in [0.15, 0.2) is 85.2 Å². The van der Waals surface area contributed by atoms with Gasteiger partial charge in [0.2, 0.25) is 21.0 Å². The predicted molar refractivity (Wildman–Crippen MR) is 147 cm³/mol. The molecule has 0 unspecified atom stereocenters. The Hall–Kier alpha value is -2.10. The number of aliphatic hydroxyl groups excluding tert-OH is 1. The molecule has 2 aromatic carbocycles. The lowest BCUT2D eigenvalue weighted by atomic mass is 10.3. The number of hydrogen-bond donors (Lipinski definition) is 1. The summed E-state index contributed by atoms with van der Waals surface area (Å²) in [5, 5.41) is 10.2. The number of rotatable bonds is 6. The fraction of sp³-hybridized carbons (Fsp3) is 0.0833. The van der Waals surface area contributed by atoms with Gasteiger partial charge in [-0.2, -0.15) is 0 Å². The van der Waals surface area contributed by atoms with Crippen molar-refractivity contribution >= 4 is 65.4 Å². The molecule has 0 saturated carbocycles. The molecule has 4 aromatic rings. The van der Waals surface area contributed by atoms with Gasteiger partial charge in [0.1, 0.15) is 11.5 Å². The molecule has 4 rings (SSSR count). The van der Waals surface area contributed by atoms with E-state index >= 15 is 0 Å². The molecule has 0 bridgehead atoms. The molecule has 0 spiro atoms. The van der Waals surface area contributed by atoms with Gasteiger partial charge in [-0.05, 0) is 65.7 Å². The number of halogens is 5. The first-order chi connectivity index (χ1) is 17.3. The van der Waals surface area contributed by atoms with E-state index in [0.717, 1.165) is 11.1 Å². The maximum atomic E-state index is 9.09. The van der Waals surface area contributed by atoms with Crippen LogP contribution in [0.1, 0.15) is 11.1 Å². The summed E-state index contributed by atoms with van der Waals surface area (Å²) in [7, 11) is 7.36. The standard InChI is InChI=1S/C12H9Cl2NO.C12H10ClNO2.Cl2OS/c13-7-9-1-6-12(15-8-9)16-11-4-2-10(14)3-5-11;13-10-2-4-11(5-3-10)16-12-6-1-9(8-15)7-14-12;1-4(2)3/h1-6,8H,7H2;1-7,15H,8H2;. The van der Waals surface area contributed by atoms with E-state index in [1.807, 2.05) is 6.07 Å². The van der Waals surface area contributed by atoms with Crippen molar-refractivity contribution in [2.24, 2.45) is 0 Å². The molecule has 0 fully saturated rings. The van der Waals surface area contributed by atoms with Crippen molar-refractivity contribution in [3.63, 3.8) is 0 Å². The second kappa shape index (κ2) is 16.6. The average molecular weight is 609 g/mol. The zero-order valence-corrected chi connectivity index (χ0v) is 23.0. The molecule has 2 aromatic heterocycles. The number of alkyl halides is 1. The Kier molecular flexibility index (Phi) is 13.9. The number of aliphatic hydroxyl groups is 1. The first kappa shape index (κ1) is 30.1. The molecule has 0 atom stereocenters. The molecule has 0 radical (unpaired) electrons. The van der Waals surface area contributed by atoms with Gasteiger partial charge in [-0.15, -0.1) is 11.6 Å². The Balaban J connectivity index is 0.000000221. The van der Waals surface area contributed by atoms with Crippen molar-refractivity contribution < 1.29 is 18.8 Å². The third-order valence-electron chi connectivity index (χ3n) is 4.00. The Morgan fingerprint density at radius 2 is 1.08 bits per heavy atom. The monoisotopic (exact) mass is 606 g/mol. The number of ether oxygens (including phenoxy) is 2. The Morgan fingerprint density at radius 3 is 1.39 bits per heavy atom. The average Bonchev–Trinajstić information content (AvgIpc) is 2.88. The van der Waals surface area contributed by atoms with Crippen molar-refractivity contribution in [3.8, 4) is 23.3 Å². The Bertz CT molecular complexity index is 1100. The maximum Gasteiger partial charge on any atom is 0.219 e.